The Labute approximate surface area is 120 Å². The van der Waals surface area contributed by atoms with Gasteiger partial charge in [-0.1, -0.05) is 18.5 Å². The van der Waals surface area contributed by atoms with E-state index in [0.717, 1.165) is 18.0 Å². The zero-order valence-electron chi connectivity index (χ0n) is 9.67. The van der Waals surface area contributed by atoms with Crippen LogP contribution >= 0.6 is 27.5 Å². The number of halogens is 5. The van der Waals surface area contributed by atoms with Crippen LogP contribution in [0.4, 0.5) is 13.2 Å². The van der Waals surface area contributed by atoms with Gasteiger partial charge < -0.3 is 0 Å². The lowest BCUT2D eigenvalue weighted by Crippen LogP contribution is -2.09. The number of hydrogen-bond donors (Lipinski definition) is 0. The zero-order valence-corrected chi connectivity index (χ0v) is 12.0. The molecule has 0 fully saturated rings. The van der Waals surface area contributed by atoms with Gasteiger partial charge in [0.25, 0.3) is 0 Å². The van der Waals surface area contributed by atoms with E-state index in [9.17, 15) is 13.2 Å². The molecule has 8 heteroatoms. The molecule has 2 heterocycles. The third-order valence-corrected chi connectivity index (χ3v) is 3.13. The second kappa shape index (κ2) is 5.13. The first-order valence-corrected chi connectivity index (χ1v) is 6.47. The molecule has 0 saturated heterocycles. The molecule has 2 aromatic rings. The van der Waals surface area contributed by atoms with Crippen LogP contribution in [0.15, 0.2) is 22.9 Å². The first-order valence-electron chi connectivity index (χ1n) is 5.30. The molecule has 0 atom stereocenters. The van der Waals surface area contributed by atoms with E-state index < -0.39 is 11.7 Å². The van der Waals surface area contributed by atoms with Gasteiger partial charge in [0.15, 0.2) is 5.82 Å². The molecular formula is C11H8BrClF3N3. The van der Waals surface area contributed by atoms with Crippen molar-refractivity contribution in [3.05, 3.63) is 39.2 Å². The summed E-state index contributed by atoms with van der Waals surface area (Å²) in [5, 5.41) is 4.01. The van der Waals surface area contributed by atoms with Crippen LogP contribution in [0, 0.1) is 0 Å². The Hall–Kier alpha value is -1.08. The van der Waals surface area contributed by atoms with E-state index in [1.807, 2.05) is 6.92 Å². The van der Waals surface area contributed by atoms with E-state index >= 15 is 0 Å². The summed E-state index contributed by atoms with van der Waals surface area (Å²) in [6.07, 6.45) is -3.07. The summed E-state index contributed by atoms with van der Waals surface area (Å²) in [5.74, 6) is 0.178. The molecule has 2 aromatic heterocycles. The normalized spacial score (nSPS) is 11.9. The monoisotopic (exact) mass is 353 g/mol. The number of aryl methyl sites for hydroxylation is 1. The van der Waals surface area contributed by atoms with Crippen LogP contribution in [-0.2, 0) is 12.6 Å². The standard InChI is InChI=1S/C11H8BrClF3N3/c1-2-7-4-9(12)18-19(7)10-8(13)3-6(5-17-10)11(14,15)16/h3-5H,2H2,1H3. The molecule has 0 unspecified atom stereocenters. The summed E-state index contributed by atoms with van der Waals surface area (Å²) in [5.41, 5.74) is -0.0912. The smallest absolute Gasteiger partial charge is 0.235 e. The first kappa shape index (κ1) is 14.3. The number of alkyl halides is 3. The summed E-state index contributed by atoms with van der Waals surface area (Å²) >= 11 is 9.08. The summed E-state index contributed by atoms with van der Waals surface area (Å²) < 4.78 is 39.6. The molecule has 0 bridgehead atoms. The molecule has 0 aliphatic heterocycles. The van der Waals surface area contributed by atoms with Crippen molar-refractivity contribution in [2.75, 3.05) is 0 Å². The largest absolute Gasteiger partial charge is 0.417 e. The number of aromatic nitrogens is 3. The summed E-state index contributed by atoms with van der Waals surface area (Å²) in [7, 11) is 0. The average Bonchev–Trinajstić information content (AvgIpc) is 2.69. The third kappa shape index (κ3) is 2.92. The number of pyridine rings is 1. The van der Waals surface area contributed by atoms with Crippen LogP contribution in [0.2, 0.25) is 5.02 Å². The lowest BCUT2D eigenvalue weighted by Gasteiger charge is -2.10. The Balaban J connectivity index is 2.52. The predicted molar refractivity (Wildman–Crippen MR) is 68.4 cm³/mol. The minimum Gasteiger partial charge on any atom is -0.235 e. The topological polar surface area (TPSA) is 30.7 Å². The van der Waals surface area contributed by atoms with Gasteiger partial charge >= 0.3 is 6.18 Å². The van der Waals surface area contributed by atoms with Gasteiger partial charge in [-0.2, -0.15) is 18.3 Å². The fraction of sp³-hybridized carbons (Fsp3) is 0.273. The maximum absolute atomic E-state index is 12.5. The summed E-state index contributed by atoms with van der Waals surface area (Å²) in [4.78, 5) is 3.76. The maximum Gasteiger partial charge on any atom is 0.417 e. The third-order valence-electron chi connectivity index (χ3n) is 2.47. The van der Waals surface area contributed by atoms with Gasteiger partial charge in [-0.25, -0.2) is 9.67 Å². The highest BCUT2D eigenvalue weighted by Crippen LogP contribution is 2.32. The molecule has 0 amide bonds. The van der Waals surface area contributed by atoms with Crippen LogP contribution in [0.25, 0.3) is 5.82 Å². The second-order valence-corrected chi connectivity index (χ2v) is 4.97. The van der Waals surface area contributed by atoms with Crippen molar-refractivity contribution in [1.82, 2.24) is 14.8 Å². The van der Waals surface area contributed by atoms with Crippen molar-refractivity contribution in [3.63, 3.8) is 0 Å². The first-order chi connectivity index (χ1) is 8.82. The molecule has 0 radical (unpaired) electrons. The summed E-state index contributed by atoms with van der Waals surface area (Å²) in [6.45, 7) is 1.90. The molecular weight excluding hydrogens is 346 g/mol. The van der Waals surface area contributed by atoms with Crippen molar-refractivity contribution in [2.45, 2.75) is 19.5 Å². The zero-order chi connectivity index (χ0) is 14.2. The van der Waals surface area contributed by atoms with Crippen molar-refractivity contribution in [3.8, 4) is 5.82 Å². The molecule has 2 rings (SSSR count). The molecule has 102 valence electrons. The van der Waals surface area contributed by atoms with Crippen molar-refractivity contribution in [1.29, 1.82) is 0 Å². The maximum atomic E-state index is 12.5. The fourth-order valence-corrected chi connectivity index (χ4v) is 2.23. The Morgan fingerprint density at radius 3 is 2.58 bits per heavy atom. The lowest BCUT2D eigenvalue weighted by molar-refractivity contribution is -0.137. The number of nitrogens with zero attached hydrogens (tertiary/aromatic N) is 3. The van der Waals surface area contributed by atoms with Gasteiger partial charge in [0.2, 0.25) is 0 Å². The minimum atomic E-state index is -4.46. The molecule has 0 saturated carbocycles. The molecule has 0 N–H and O–H groups in total. The van der Waals surface area contributed by atoms with Gasteiger partial charge in [-0.05, 0) is 34.5 Å². The Morgan fingerprint density at radius 1 is 1.37 bits per heavy atom. The van der Waals surface area contributed by atoms with E-state index in [1.54, 1.807) is 6.07 Å². The van der Waals surface area contributed by atoms with Gasteiger partial charge in [0, 0.05) is 11.9 Å². The molecule has 0 aliphatic rings. The van der Waals surface area contributed by atoms with Gasteiger partial charge in [-0.3, -0.25) is 0 Å². The van der Waals surface area contributed by atoms with Crippen LogP contribution in [-0.4, -0.2) is 14.8 Å². The molecule has 0 aliphatic carbocycles. The Bertz CT molecular complexity index is 610. The molecule has 0 aromatic carbocycles. The van der Waals surface area contributed by atoms with Crippen LogP contribution < -0.4 is 0 Å². The summed E-state index contributed by atoms with van der Waals surface area (Å²) in [6, 6.07) is 2.61. The van der Waals surface area contributed by atoms with Crippen LogP contribution in [0.5, 0.6) is 0 Å². The van der Waals surface area contributed by atoms with Gasteiger partial charge in [-0.15, -0.1) is 0 Å². The van der Waals surface area contributed by atoms with Crippen molar-refractivity contribution >= 4 is 27.5 Å². The average molecular weight is 355 g/mol. The Kier molecular flexibility index (Phi) is 3.87. The highest BCUT2D eigenvalue weighted by atomic mass is 79.9. The van der Waals surface area contributed by atoms with Gasteiger partial charge in [0.1, 0.15) is 4.60 Å². The number of hydrogen-bond acceptors (Lipinski definition) is 2. The van der Waals surface area contributed by atoms with E-state index in [4.69, 9.17) is 11.6 Å². The molecule has 19 heavy (non-hydrogen) atoms. The van der Waals surface area contributed by atoms with E-state index in [0.29, 0.717) is 11.0 Å². The highest BCUT2D eigenvalue weighted by Gasteiger charge is 2.31. The van der Waals surface area contributed by atoms with E-state index in [2.05, 4.69) is 26.0 Å². The van der Waals surface area contributed by atoms with E-state index in [1.165, 1.54) is 4.68 Å². The van der Waals surface area contributed by atoms with Gasteiger partial charge in [0.05, 0.1) is 10.6 Å². The quantitative estimate of drug-likeness (QED) is 0.806. The van der Waals surface area contributed by atoms with Crippen molar-refractivity contribution < 1.29 is 13.2 Å². The minimum absolute atomic E-state index is 0.0971. The molecule has 3 nitrogen and oxygen atoms in total. The highest BCUT2D eigenvalue weighted by molar-refractivity contribution is 9.10. The lowest BCUT2D eigenvalue weighted by atomic mass is 10.2. The SMILES string of the molecule is CCc1cc(Br)nn1-c1ncc(C(F)(F)F)cc1Cl. The predicted octanol–water partition coefficient (Wildman–Crippen LogP) is 4.26. The van der Waals surface area contributed by atoms with Crippen LogP contribution in [0.3, 0.4) is 0 Å². The molecule has 0 spiro atoms. The number of rotatable bonds is 2. The van der Waals surface area contributed by atoms with Crippen molar-refractivity contribution in [2.24, 2.45) is 0 Å². The fourth-order valence-electron chi connectivity index (χ4n) is 1.56. The van der Waals surface area contributed by atoms with E-state index in [-0.39, 0.29) is 10.8 Å². The van der Waals surface area contributed by atoms with Crippen LogP contribution in [0.1, 0.15) is 18.2 Å². The second-order valence-electron chi connectivity index (χ2n) is 3.75. The Morgan fingerprint density at radius 2 is 2.05 bits per heavy atom.